The Balaban J connectivity index is 2.17. The van der Waals surface area contributed by atoms with Gasteiger partial charge in [0.25, 0.3) is 0 Å². The van der Waals surface area contributed by atoms with E-state index in [0.717, 1.165) is 23.7 Å². The first-order valence-corrected chi connectivity index (χ1v) is 6.61. The van der Waals surface area contributed by atoms with E-state index < -0.39 is 0 Å². The van der Waals surface area contributed by atoms with Gasteiger partial charge in [-0.15, -0.1) is 0 Å². The molecule has 0 spiro atoms. The van der Waals surface area contributed by atoms with Crippen LogP contribution in [0.4, 0.5) is 0 Å². The van der Waals surface area contributed by atoms with Crippen LogP contribution in [0, 0.1) is 23.7 Å². The number of hydrogen-bond acceptors (Lipinski definition) is 0. The summed E-state index contributed by atoms with van der Waals surface area (Å²) in [5.41, 5.74) is 0. The van der Waals surface area contributed by atoms with Crippen LogP contribution in [0.25, 0.3) is 0 Å². The molecule has 0 heteroatoms. The summed E-state index contributed by atoms with van der Waals surface area (Å²) in [6.45, 7) is 9.61. The van der Waals surface area contributed by atoms with Crippen molar-refractivity contribution in [2.75, 3.05) is 0 Å². The van der Waals surface area contributed by atoms with Crippen molar-refractivity contribution in [1.82, 2.24) is 0 Å². The van der Waals surface area contributed by atoms with Crippen molar-refractivity contribution in [3.63, 3.8) is 0 Å². The van der Waals surface area contributed by atoms with Crippen molar-refractivity contribution < 1.29 is 0 Å². The van der Waals surface area contributed by atoms with Gasteiger partial charge in [0, 0.05) is 0 Å². The molecule has 0 aromatic carbocycles. The highest BCUT2D eigenvalue weighted by atomic mass is 14.3. The molecular weight excluding hydrogens is 168 g/mol. The highest BCUT2D eigenvalue weighted by molar-refractivity contribution is 4.78. The molecule has 3 atom stereocenters. The first-order valence-electron chi connectivity index (χ1n) is 6.61. The van der Waals surface area contributed by atoms with Crippen LogP contribution in [0.3, 0.4) is 0 Å². The lowest BCUT2D eigenvalue weighted by Crippen LogP contribution is -2.14. The molecule has 1 saturated carbocycles. The highest BCUT2D eigenvalue weighted by Gasteiger charge is 2.27. The third-order valence-electron chi connectivity index (χ3n) is 4.10. The van der Waals surface area contributed by atoms with Crippen LogP contribution in [0.5, 0.6) is 0 Å². The molecule has 0 amide bonds. The zero-order valence-electron chi connectivity index (χ0n) is 10.6. The van der Waals surface area contributed by atoms with Gasteiger partial charge in [-0.05, 0) is 30.1 Å². The van der Waals surface area contributed by atoms with Crippen molar-refractivity contribution in [1.29, 1.82) is 0 Å². The molecule has 0 radical (unpaired) electrons. The van der Waals surface area contributed by atoms with E-state index in [9.17, 15) is 0 Å². The monoisotopic (exact) mass is 196 g/mol. The molecule has 0 aliphatic heterocycles. The van der Waals surface area contributed by atoms with E-state index in [2.05, 4.69) is 27.7 Å². The van der Waals surface area contributed by atoms with Gasteiger partial charge in [-0.25, -0.2) is 0 Å². The van der Waals surface area contributed by atoms with Crippen molar-refractivity contribution in [2.45, 2.75) is 66.2 Å². The average molecular weight is 196 g/mol. The van der Waals surface area contributed by atoms with Gasteiger partial charge in [0.1, 0.15) is 0 Å². The lowest BCUT2D eigenvalue weighted by Gasteiger charge is -2.23. The standard InChI is InChI=1S/C14H28/c1-11(2)7-5-8-12(3)14-10-6-9-13(14)4/h11-14H,5-10H2,1-4H3. The number of hydrogen-bond donors (Lipinski definition) is 0. The van der Waals surface area contributed by atoms with E-state index in [4.69, 9.17) is 0 Å². The smallest absolute Gasteiger partial charge is 0.0363 e. The first-order chi connectivity index (χ1) is 6.61. The second kappa shape index (κ2) is 5.78. The molecule has 0 N–H and O–H groups in total. The molecule has 0 bridgehead atoms. The van der Waals surface area contributed by atoms with Gasteiger partial charge in [0.05, 0.1) is 0 Å². The average Bonchev–Trinajstić information content (AvgIpc) is 2.50. The predicted octanol–water partition coefficient (Wildman–Crippen LogP) is 4.89. The molecule has 0 saturated heterocycles. The van der Waals surface area contributed by atoms with E-state index in [-0.39, 0.29) is 0 Å². The Morgan fingerprint density at radius 3 is 2.29 bits per heavy atom. The van der Waals surface area contributed by atoms with E-state index in [1.165, 1.54) is 38.5 Å². The summed E-state index contributed by atoms with van der Waals surface area (Å²) in [6.07, 6.45) is 8.81. The number of rotatable bonds is 5. The maximum atomic E-state index is 2.48. The minimum Gasteiger partial charge on any atom is -0.0628 e. The predicted molar refractivity (Wildman–Crippen MR) is 64.4 cm³/mol. The minimum absolute atomic E-state index is 0.892. The fraction of sp³-hybridized carbons (Fsp3) is 1.00. The van der Waals surface area contributed by atoms with Crippen LogP contribution in [0.2, 0.25) is 0 Å². The Kier molecular flexibility index (Phi) is 4.98. The van der Waals surface area contributed by atoms with Crippen LogP contribution in [0.1, 0.15) is 66.2 Å². The van der Waals surface area contributed by atoms with Gasteiger partial charge in [-0.3, -0.25) is 0 Å². The van der Waals surface area contributed by atoms with Gasteiger partial charge in [0.2, 0.25) is 0 Å². The SMILES string of the molecule is CC(C)CCCC(C)C1CCCC1C. The quantitative estimate of drug-likeness (QED) is 0.587. The molecule has 1 rings (SSSR count). The molecule has 0 nitrogen and oxygen atoms in total. The van der Waals surface area contributed by atoms with Crippen LogP contribution in [-0.4, -0.2) is 0 Å². The lowest BCUT2D eigenvalue weighted by molar-refractivity contribution is 0.270. The van der Waals surface area contributed by atoms with Crippen molar-refractivity contribution in [2.24, 2.45) is 23.7 Å². The van der Waals surface area contributed by atoms with Crippen LogP contribution < -0.4 is 0 Å². The Morgan fingerprint density at radius 1 is 1.07 bits per heavy atom. The molecule has 0 aromatic rings. The van der Waals surface area contributed by atoms with E-state index in [0.29, 0.717) is 0 Å². The van der Waals surface area contributed by atoms with Gasteiger partial charge in [-0.2, -0.15) is 0 Å². The molecule has 1 aliphatic rings. The fourth-order valence-electron chi connectivity index (χ4n) is 3.08. The molecular formula is C14H28. The van der Waals surface area contributed by atoms with Gasteiger partial charge >= 0.3 is 0 Å². The Bertz CT molecular complexity index is 148. The Labute approximate surface area is 90.5 Å². The molecule has 84 valence electrons. The van der Waals surface area contributed by atoms with Crippen LogP contribution >= 0.6 is 0 Å². The minimum atomic E-state index is 0.892. The van der Waals surface area contributed by atoms with Crippen molar-refractivity contribution in [3.8, 4) is 0 Å². The second-order valence-corrected chi connectivity index (χ2v) is 5.87. The first kappa shape index (κ1) is 12.1. The summed E-state index contributed by atoms with van der Waals surface area (Å²) in [5.74, 6) is 3.92. The van der Waals surface area contributed by atoms with Crippen molar-refractivity contribution in [3.05, 3.63) is 0 Å². The summed E-state index contributed by atoms with van der Waals surface area (Å²) in [6, 6.07) is 0. The van der Waals surface area contributed by atoms with Crippen LogP contribution in [0.15, 0.2) is 0 Å². The topological polar surface area (TPSA) is 0 Å². The van der Waals surface area contributed by atoms with E-state index >= 15 is 0 Å². The third-order valence-corrected chi connectivity index (χ3v) is 4.10. The maximum Gasteiger partial charge on any atom is -0.0363 e. The largest absolute Gasteiger partial charge is 0.0628 e. The zero-order chi connectivity index (χ0) is 10.6. The molecule has 1 fully saturated rings. The van der Waals surface area contributed by atoms with Gasteiger partial charge < -0.3 is 0 Å². The summed E-state index contributed by atoms with van der Waals surface area (Å²) in [7, 11) is 0. The van der Waals surface area contributed by atoms with E-state index in [1.807, 2.05) is 0 Å². The normalized spacial score (nSPS) is 29.8. The highest BCUT2D eigenvalue weighted by Crippen LogP contribution is 2.38. The molecule has 0 heterocycles. The van der Waals surface area contributed by atoms with Crippen LogP contribution in [-0.2, 0) is 0 Å². The second-order valence-electron chi connectivity index (χ2n) is 5.87. The summed E-state index contributed by atoms with van der Waals surface area (Å²) in [5, 5.41) is 0. The van der Waals surface area contributed by atoms with Gasteiger partial charge in [-0.1, -0.05) is 59.8 Å². The Hall–Kier alpha value is 0. The molecule has 14 heavy (non-hydrogen) atoms. The summed E-state index contributed by atoms with van der Waals surface area (Å²) >= 11 is 0. The van der Waals surface area contributed by atoms with Gasteiger partial charge in [0.15, 0.2) is 0 Å². The summed E-state index contributed by atoms with van der Waals surface area (Å²) < 4.78 is 0. The lowest BCUT2D eigenvalue weighted by atomic mass is 9.82. The fourth-order valence-corrected chi connectivity index (χ4v) is 3.08. The van der Waals surface area contributed by atoms with E-state index in [1.54, 1.807) is 0 Å². The van der Waals surface area contributed by atoms with Crippen molar-refractivity contribution >= 4 is 0 Å². The molecule has 1 aliphatic carbocycles. The summed E-state index contributed by atoms with van der Waals surface area (Å²) in [4.78, 5) is 0. The molecule has 3 unspecified atom stereocenters. The third kappa shape index (κ3) is 3.63. The Morgan fingerprint density at radius 2 is 1.79 bits per heavy atom. The maximum absolute atomic E-state index is 2.48. The zero-order valence-corrected chi connectivity index (χ0v) is 10.6. The molecule has 0 aromatic heterocycles.